The van der Waals surface area contributed by atoms with Gasteiger partial charge in [0.15, 0.2) is 0 Å². The summed E-state index contributed by atoms with van der Waals surface area (Å²) in [7, 11) is 1.22. The van der Waals surface area contributed by atoms with Crippen LogP contribution in [0.1, 0.15) is 41.1 Å². The number of anilines is 1. The molecule has 31 heavy (non-hydrogen) atoms. The Balaban J connectivity index is 1.49. The number of piperidine rings is 1. The smallest absolute Gasteiger partial charge is 0.373 e. The zero-order valence-corrected chi connectivity index (χ0v) is 17.0. The zero-order chi connectivity index (χ0) is 22.0. The predicted octanol–water partition coefficient (Wildman–Crippen LogP) is 3.29. The Kier molecular flexibility index (Phi) is 5.75. The van der Waals surface area contributed by atoms with E-state index in [2.05, 4.69) is 15.0 Å². The van der Waals surface area contributed by atoms with Crippen molar-refractivity contribution in [1.29, 1.82) is 0 Å². The monoisotopic (exact) mass is 427 g/mol. The SMILES string of the molecule is COC(=O)c1ccc(CN2C(=O)N/C(=C\c3ccc(N4CCCCC4)cc3F)C2=O)o1. The molecule has 0 spiro atoms. The Labute approximate surface area is 178 Å². The second-order valence-corrected chi connectivity index (χ2v) is 7.39. The lowest BCUT2D eigenvalue weighted by Gasteiger charge is -2.28. The summed E-state index contributed by atoms with van der Waals surface area (Å²) in [6, 6.07) is 7.09. The molecule has 9 heteroatoms. The lowest BCUT2D eigenvalue weighted by molar-refractivity contribution is -0.123. The topological polar surface area (TPSA) is 92.1 Å². The number of methoxy groups -OCH3 is 1. The molecule has 4 rings (SSSR count). The Bertz CT molecular complexity index is 1060. The molecule has 2 aliphatic rings. The second-order valence-electron chi connectivity index (χ2n) is 7.39. The number of rotatable bonds is 5. The number of hydrogen-bond acceptors (Lipinski definition) is 6. The van der Waals surface area contributed by atoms with Crippen molar-refractivity contribution in [2.75, 3.05) is 25.1 Å². The van der Waals surface area contributed by atoms with Crippen molar-refractivity contribution in [1.82, 2.24) is 10.2 Å². The van der Waals surface area contributed by atoms with Gasteiger partial charge in [0.05, 0.1) is 13.7 Å². The lowest BCUT2D eigenvalue weighted by atomic mass is 10.1. The number of halogens is 1. The Morgan fingerprint density at radius 1 is 1.19 bits per heavy atom. The molecule has 2 fully saturated rings. The molecule has 0 radical (unpaired) electrons. The van der Waals surface area contributed by atoms with E-state index in [4.69, 9.17) is 4.42 Å². The van der Waals surface area contributed by atoms with Gasteiger partial charge in [-0.3, -0.25) is 9.69 Å². The number of benzene rings is 1. The Hall–Kier alpha value is -3.62. The van der Waals surface area contributed by atoms with Gasteiger partial charge in [0, 0.05) is 24.3 Å². The fourth-order valence-corrected chi connectivity index (χ4v) is 3.68. The van der Waals surface area contributed by atoms with Gasteiger partial charge < -0.3 is 19.4 Å². The molecule has 3 heterocycles. The number of amides is 3. The summed E-state index contributed by atoms with van der Waals surface area (Å²) in [6.45, 7) is 1.62. The van der Waals surface area contributed by atoms with E-state index in [0.29, 0.717) is 0 Å². The molecule has 2 saturated heterocycles. The maximum Gasteiger partial charge on any atom is 0.373 e. The summed E-state index contributed by atoms with van der Waals surface area (Å²) in [5.74, 6) is -1.53. The van der Waals surface area contributed by atoms with Crippen molar-refractivity contribution in [3.63, 3.8) is 0 Å². The van der Waals surface area contributed by atoms with Crippen molar-refractivity contribution in [3.05, 3.63) is 58.9 Å². The van der Waals surface area contributed by atoms with Gasteiger partial charge in [-0.25, -0.2) is 14.0 Å². The van der Waals surface area contributed by atoms with Gasteiger partial charge in [-0.1, -0.05) is 0 Å². The normalized spacial score (nSPS) is 17.9. The van der Waals surface area contributed by atoms with Gasteiger partial charge in [-0.05, 0) is 55.7 Å². The van der Waals surface area contributed by atoms with Crippen LogP contribution in [0.4, 0.5) is 14.9 Å². The average molecular weight is 427 g/mol. The van der Waals surface area contributed by atoms with E-state index in [1.165, 1.54) is 37.8 Å². The van der Waals surface area contributed by atoms with Crippen molar-refractivity contribution in [2.24, 2.45) is 0 Å². The van der Waals surface area contributed by atoms with Crippen LogP contribution in [0.15, 0.2) is 40.4 Å². The second kappa shape index (κ2) is 8.63. The van der Waals surface area contributed by atoms with Gasteiger partial charge in [0.2, 0.25) is 5.76 Å². The van der Waals surface area contributed by atoms with E-state index < -0.39 is 23.7 Å². The van der Waals surface area contributed by atoms with Crippen LogP contribution in [-0.2, 0) is 16.1 Å². The average Bonchev–Trinajstić information content (AvgIpc) is 3.35. The molecule has 3 amide bonds. The molecule has 8 nitrogen and oxygen atoms in total. The fraction of sp³-hybridized carbons (Fsp3) is 0.318. The van der Waals surface area contributed by atoms with Gasteiger partial charge in [0.25, 0.3) is 5.91 Å². The molecule has 162 valence electrons. The van der Waals surface area contributed by atoms with Crippen LogP contribution >= 0.6 is 0 Å². The van der Waals surface area contributed by atoms with Gasteiger partial charge in [0.1, 0.15) is 17.3 Å². The summed E-state index contributed by atoms with van der Waals surface area (Å²) >= 11 is 0. The molecular weight excluding hydrogens is 405 g/mol. The summed E-state index contributed by atoms with van der Waals surface area (Å²) in [5.41, 5.74) is 0.980. The maximum absolute atomic E-state index is 14.7. The fourth-order valence-electron chi connectivity index (χ4n) is 3.68. The molecule has 2 aromatic rings. The molecule has 1 aromatic heterocycles. The molecule has 0 unspecified atom stereocenters. The van der Waals surface area contributed by atoms with Crippen molar-refractivity contribution < 1.29 is 27.9 Å². The quantitative estimate of drug-likeness (QED) is 0.447. The number of urea groups is 1. The van der Waals surface area contributed by atoms with Crippen molar-refractivity contribution in [2.45, 2.75) is 25.8 Å². The minimum atomic E-state index is -0.660. The largest absolute Gasteiger partial charge is 0.463 e. The predicted molar refractivity (Wildman–Crippen MR) is 110 cm³/mol. The first-order chi connectivity index (χ1) is 15.0. The van der Waals surface area contributed by atoms with Gasteiger partial charge in [-0.2, -0.15) is 0 Å². The molecule has 0 atom stereocenters. The van der Waals surface area contributed by atoms with Crippen LogP contribution in [0.5, 0.6) is 0 Å². The van der Waals surface area contributed by atoms with E-state index in [-0.39, 0.29) is 29.3 Å². The number of furan rings is 1. The van der Waals surface area contributed by atoms with Crippen LogP contribution in [0.3, 0.4) is 0 Å². The number of imide groups is 1. The third-order valence-corrected chi connectivity index (χ3v) is 5.33. The molecule has 1 N–H and O–H groups in total. The summed E-state index contributed by atoms with van der Waals surface area (Å²) in [5, 5.41) is 2.46. The Morgan fingerprint density at radius 2 is 1.97 bits per heavy atom. The first-order valence-corrected chi connectivity index (χ1v) is 10.0. The van der Waals surface area contributed by atoms with Crippen molar-refractivity contribution >= 4 is 29.7 Å². The lowest BCUT2D eigenvalue weighted by Crippen LogP contribution is -2.30. The highest BCUT2D eigenvalue weighted by Gasteiger charge is 2.34. The van der Waals surface area contributed by atoms with Gasteiger partial charge >= 0.3 is 12.0 Å². The van der Waals surface area contributed by atoms with E-state index in [9.17, 15) is 18.8 Å². The maximum atomic E-state index is 14.7. The minimum absolute atomic E-state index is 0.0313. The number of carbonyl (C=O) groups is 3. The van der Waals surface area contributed by atoms with Crippen LogP contribution in [0, 0.1) is 5.82 Å². The van der Waals surface area contributed by atoms with E-state index in [1.54, 1.807) is 6.07 Å². The summed E-state index contributed by atoms with van der Waals surface area (Å²) in [6.07, 6.45) is 4.67. The summed E-state index contributed by atoms with van der Waals surface area (Å²) in [4.78, 5) is 39.5. The zero-order valence-electron chi connectivity index (χ0n) is 17.0. The third-order valence-electron chi connectivity index (χ3n) is 5.33. The number of hydrogen-bond donors (Lipinski definition) is 1. The molecule has 0 bridgehead atoms. The molecule has 1 aromatic carbocycles. The Morgan fingerprint density at radius 3 is 2.68 bits per heavy atom. The number of nitrogens with one attached hydrogen (secondary N) is 1. The van der Waals surface area contributed by atoms with E-state index >= 15 is 0 Å². The third kappa shape index (κ3) is 4.30. The highest BCUT2D eigenvalue weighted by molar-refractivity contribution is 6.13. The van der Waals surface area contributed by atoms with Crippen LogP contribution in [-0.4, -0.2) is 43.0 Å². The molecule has 0 saturated carbocycles. The van der Waals surface area contributed by atoms with E-state index in [1.807, 2.05) is 6.07 Å². The highest BCUT2D eigenvalue weighted by Crippen LogP contribution is 2.25. The molecule has 0 aliphatic carbocycles. The molecule has 2 aliphatic heterocycles. The first kappa shape index (κ1) is 20.6. The standard InChI is InChI=1S/C22H22FN3O5/c1-30-21(28)19-8-7-16(31-19)13-26-20(27)18(24-22(26)29)11-14-5-6-15(12-17(14)23)25-9-3-2-4-10-25/h5-8,11-12H,2-4,9-10,13H2,1H3,(H,24,29)/b18-11-. The van der Waals surface area contributed by atoms with Crippen molar-refractivity contribution in [3.8, 4) is 0 Å². The van der Waals surface area contributed by atoms with E-state index in [0.717, 1.165) is 36.5 Å². The number of esters is 1. The minimum Gasteiger partial charge on any atom is -0.463 e. The van der Waals surface area contributed by atoms with Crippen LogP contribution in [0.25, 0.3) is 6.08 Å². The summed E-state index contributed by atoms with van der Waals surface area (Å²) < 4.78 is 24.5. The number of nitrogens with zero attached hydrogens (tertiary/aromatic N) is 2. The van der Waals surface area contributed by atoms with Crippen LogP contribution in [0.2, 0.25) is 0 Å². The number of ether oxygens (including phenoxy) is 1. The van der Waals surface area contributed by atoms with Gasteiger partial charge in [-0.15, -0.1) is 0 Å². The number of carbonyl (C=O) groups excluding carboxylic acids is 3. The molecular formula is C22H22FN3O5. The van der Waals surface area contributed by atoms with Crippen LogP contribution < -0.4 is 10.2 Å². The highest BCUT2D eigenvalue weighted by atomic mass is 19.1. The first-order valence-electron chi connectivity index (χ1n) is 10.0.